The summed E-state index contributed by atoms with van der Waals surface area (Å²) in [6.45, 7) is 7.28. The molecule has 1 fully saturated rings. The smallest absolute Gasteiger partial charge is 0.264 e. The first-order valence-electron chi connectivity index (χ1n) is 11.6. The molecule has 0 spiro atoms. The fraction of sp³-hybridized carbons (Fsp3) is 0.214. The number of carbonyl (C=O) groups is 1. The standard InChI is InChI=1S/C28H27ClN2O4S/c1-4-33-22-11-9-21(10-12-22)30-28-31-27(32)25(36-28)16-20-14-23(29)26(24(15-20)34-5-2)35-17-19-8-6-7-18(3)13-19/h6-16H,4-5,17H2,1-3H3,(H,30,31,32)/b25-16+. The molecular formula is C28H27ClN2O4S. The van der Waals surface area contributed by atoms with Gasteiger partial charge in [-0.25, -0.2) is 4.99 Å². The van der Waals surface area contributed by atoms with Crippen LogP contribution in [0.25, 0.3) is 6.08 Å². The number of aryl methyl sites for hydroxylation is 1. The zero-order chi connectivity index (χ0) is 25.5. The van der Waals surface area contributed by atoms with Gasteiger partial charge in [0.1, 0.15) is 12.4 Å². The number of thioether (sulfide) groups is 1. The fourth-order valence-corrected chi connectivity index (χ4v) is 4.68. The van der Waals surface area contributed by atoms with E-state index >= 15 is 0 Å². The molecule has 8 heteroatoms. The zero-order valence-electron chi connectivity index (χ0n) is 20.3. The number of benzene rings is 3. The Labute approximate surface area is 220 Å². The quantitative estimate of drug-likeness (QED) is 0.309. The number of carbonyl (C=O) groups excluding carboxylic acids is 1. The molecule has 0 unspecified atom stereocenters. The molecule has 0 atom stereocenters. The van der Waals surface area contributed by atoms with Crippen LogP contribution in [0.2, 0.25) is 5.02 Å². The van der Waals surface area contributed by atoms with Gasteiger partial charge in [0.15, 0.2) is 16.7 Å². The van der Waals surface area contributed by atoms with Gasteiger partial charge in [0.2, 0.25) is 0 Å². The van der Waals surface area contributed by atoms with E-state index in [0.29, 0.717) is 46.4 Å². The van der Waals surface area contributed by atoms with Gasteiger partial charge in [0.25, 0.3) is 5.91 Å². The molecule has 0 bridgehead atoms. The van der Waals surface area contributed by atoms with Gasteiger partial charge >= 0.3 is 0 Å². The Hall–Kier alpha value is -3.42. The van der Waals surface area contributed by atoms with Crippen LogP contribution in [0.15, 0.2) is 70.6 Å². The van der Waals surface area contributed by atoms with E-state index in [1.165, 1.54) is 11.8 Å². The molecule has 3 aromatic carbocycles. The monoisotopic (exact) mass is 522 g/mol. The fourth-order valence-electron chi connectivity index (χ4n) is 3.56. The lowest BCUT2D eigenvalue weighted by Gasteiger charge is -2.15. The second-order valence-corrected chi connectivity index (χ2v) is 9.39. The molecule has 1 N–H and O–H groups in total. The summed E-state index contributed by atoms with van der Waals surface area (Å²) in [4.78, 5) is 17.6. The van der Waals surface area contributed by atoms with Crippen LogP contribution in [-0.2, 0) is 11.4 Å². The SMILES string of the molecule is CCOc1ccc(N=C2NC(=O)/C(=C\c3cc(Cl)c(OCc4cccc(C)c4)c(OCC)c3)S2)cc1. The summed E-state index contributed by atoms with van der Waals surface area (Å²) in [5, 5.41) is 3.72. The highest BCUT2D eigenvalue weighted by Crippen LogP contribution is 2.39. The highest BCUT2D eigenvalue weighted by molar-refractivity contribution is 8.18. The number of halogens is 1. The van der Waals surface area contributed by atoms with E-state index in [-0.39, 0.29) is 5.91 Å². The van der Waals surface area contributed by atoms with Crippen LogP contribution >= 0.6 is 23.4 Å². The van der Waals surface area contributed by atoms with E-state index in [0.717, 1.165) is 28.1 Å². The van der Waals surface area contributed by atoms with E-state index in [1.54, 1.807) is 12.1 Å². The summed E-state index contributed by atoms with van der Waals surface area (Å²) in [7, 11) is 0. The molecule has 4 rings (SSSR count). The van der Waals surface area contributed by atoms with Gasteiger partial charge in [-0.2, -0.15) is 0 Å². The van der Waals surface area contributed by atoms with E-state index in [4.69, 9.17) is 25.8 Å². The molecule has 0 aromatic heterocycles. The van der Waals surface area contributed by atoms with Gasteiger partial charge in [-0.15, -0.1) is 0 Å². The predicted molar refractivity (Wildman–Crippen MR) is 147 cm³/mol. The third-order valence-electron chi connectivity index (χ3n) is 5.12. The summed E-state index contributed by atoms with van der Waals surface area (Å²) in [6.07, 6.45) is 1.76. The molecule has 1 amide bonds. The highest BCUT2D eigenvalue weighted by atomic mass is 35.5. The first-order valence-corrected chi connectivity index (χ1v) is 12.8. The van der Waals surface area contributed by atoms with Crippen molar-refractivity contribution in [2.24, 2.45) is 4.99 Å². The molecule has 1 aliphatic rings. The van der Waals surface area contributed by atoms with Gasteiger partial charge in [-0.05, 0) is 86.1 Å². The van der Waals surface area contributed by atoms with Gasteiger partial charge in [0.05, 0.1) is 28.8 Å². The Morgan fingerprint density at radius 3 is 2.50 bits per heavy atom. The van der Waals surface area contributed by atoms with E-state index in [2.05, 4.69) is 16.4 Å². The lowest BCUT2D eigenvalue weighted by atomic mass is 10.1. The highest BCUT2D eigenvalue weighted by Gasteiger charge is 2.24. The normalized spacial score (nSPS) is 15.3. The number of rotatable bonds is 9. The van der Waals surface area contributed by atoms with Crippen molar-refractivity contribution in [2.75, 3.05) is 13.2 Å². The Morgan fingerprint density at radius 2 is 1.78 bits per heavy atom. The summed E-state index contributed by atoms with van der Waals surface area (Å²) >= 11 is 7.85. The van der Waals surface area contributed by atoms with Crippen molar-refractivity contribution < 1.29 is 19.0 Å². The first kappa shape index (κ1) is 25.7. The summed E-state index contributed by atoms with van der Waals surface area (Å²) in [5.41, 5.74) is 3.65. The van der Waals surface area contributed by atoms with Crippen LogP contribution < -0.4 is 19.5 Å². The Balaban J connectivity index is 1.52. The molecule has 6 nitrogen and oxygen atoms in total. The molecule has 0 aliphatic carbocycles. The van der Waals surface area contributed by atoms with Gasteiger partial charge in [-0.3, -0.25) is 4.79 Å². The van der Waals surface area contributed by atoms with Crippen molar-refractivity contribution in [1.82, 2.24) is 5.32 Å². The van der Waals surface area contributed by atoms with Crippen LogP contribution in [0.1, 0.15) is 30.5 Å². The number of hydrogen-bond donors (Lipinski definition) is 1. The molecular weight excluding hydrogens is 496 g/mol. The Kier molecular flexibility index (Phi) is 8.57. The van der Waals surface area contributed by atoms with E-state index in [9.17, 15) is 4.79 Å². The van der Waals surface area contributed by atoms with Crippen molar-refractivity contribution in [1.29, 1.82) is 0 Å². The van der Waals surface area contributed by atoms with E-state index in [1.807, 2.05) is 69.3 Å². The average Bonchev–Trinajstić information content (AvgIpc) is 3.18. The largest absolute Gasteiger partial charge is 0.494 e. The van der Waals surface area contributed by atoms with Gasteiger partial charge in [-0.1, -0.05) is 41.4 Å². The van der Waals surface area contributed by atoms with Crippen LogP contribution in [0.3, 0.4) is 0 Å². The number of amidine groups is 1. The Bertz CT molecular complexity index is 1310. The second kappa shape index (κ2) is 12.0. The molecule has 1 saturated heterocycles. The van der Waals surface area contributed by atoms with Crippen LogP contribution in [0.5, 0.6) is 17.2 Å². The maximum Gasteiger partial charge on any atom is 0.264 e. The summed E-state index contributed by atoms with van der Waals surface area (Å²) < 4.78 is 17.3. The number of ether oxygens (including phenoxy) is 3. The minimum Gasteiger partial charge on any atom is -0.494 e. The number of amides is 1. The minimum atomic E-state index is -0.224. The molecule has 0 radical (unpaired) electrons. The molecule has 1 aliphatic heterocycles. The van der Waals surface area contributed by atoms with Crippen molar-refractivity contribution in [3.8, 4) is 17.2 Å². The first-order chi connectivity index (χ1) is 17.4. The van der Waals surface area contributed by atoms with Crippen molar-refractivity contribution in [3.05, 3.63) is 87.3 Å². The molecule has 0 saturated carbocycles. The van der Waals surface area contributed by atoms with Crippen molar-refractivity contribution >= 4 is 46.2 Å². The number of nitrogens with zero attached hydrogens (tertiary/aromatic N) is 1. The van der Waals surface area contributed by atoms with Gasteiger partial charge in [0, 0.05) is 0 Å². The topological polar surface area (TPSA) is 69.2 Å². The predicted octanol–water partition coefficient (Wildman–Crippen LogP) is 6.92. The number of hydrogen-bond acceptors (Lipinski definition) is 6. The number of nitrogens with one attached hydrogen (secondary N) is 1. The lowest BCUT2D eigenvalue weighted by Crippen LogP contribution is -2.19. The lowest BCUT2D eigenvalue weighted by molar-refractivity contribution is -0.115. The zero-order valence-corrected chi connectivity index (χ0v) is 21.9. The van der Waals surface area contributed by atoms with E-state index < -0.39 is 0 Å². The van der Waals surface area contributed by atoms with Gasteiger partial charge < -0.3 is 19.5 Å². The Morgan fingerprint density at radius 1 is 1.00 bits per heavy atom. The third kappa shape index (κ3) is 6.62. The van der Waals surface area contributed by atoms with Crippen LogP contribution in [0, 0.1) is 6.92 Å². The maximum absolute atomic E-state index is 12.6. The summed E-state index contributed by atoms with van der Waals surface area (Å²) in [5.74, 6) is 1.55. The molecule has 36 heavy (non-hydrogen) atoms. The van der Waals surface area contributed by atoms with Crippen molar-refractivity contribution in [3.63, 3.8) is 0 Å². The average molecular weight is 523 g/mol. The molecule has 3 aromatic rings. The third-order valence-corrected chi connectivity index (χ3v) is 6.31. The van der Waals surface area contributed by atoms with Crippen molar-refractivity contribution in [2.45, 2.75) is 27.4 Å². The summed E-state index contributed by atoms with van der Waals surface area (Å²) in [6, 6.07) is 19.1. The molecule has 1 heterocycles. The minimum absolute atomic E-state index is 0.224. The second-order valence-electron chi connectivity index (χ2n) is 7.95. The molecule has 186 valence electrons. The van der Waals surface area contributed by atoms with Crippen LogP contribution in [0.4, 0.5) is 5.69 Å². The maximum atomic E-state index is 12.6. The number of aliphatic imine (C=N–C) groups is 1. The van der Waals surface area contributed by atoms with Crippen LogP contribution in [-0.4, -0.2) is 24.3 Å².